The highest BCUT2D eigenvalue weighted by Gasteiger charge is 2.14. The van der Waals surface area contributed by atoms with Crippen LogP contribution in [0.3, 0.4) is 0 Å². The van der Waals surface area contributed by atoms with E-state index in [4.69, 9.17) is 0 Å². The third-order valence-electron chi connectivity index (χ3n) is 3.09. The van der Waals surface area contributed by atoms with E-state index in [1.807, 2.05) is 30.6 Å². The van der Waals surface area contributed by atoms with Gasteiger partial charge in [-0.1, -0.05) is 32.6 Å². The zero-order valence-corrected chi connectivity index (χ0v) is 16.7. The Morgan fingerprint density at radius 1 is 1.21 bits per heavy atom. The third kappa shape index (κ3) is 3.45. The van der Waals surface area contributed by atoms with E-state index in [1.165, 1.54) is 17.4 Å². The van der Waals surface area contributed by atoms with E-state index in [9.17, 15) is 4.39 Å². The van der Waals surface area contributed by atoms with Gasteiger partial charge in [-0.15, -0.1) is 0 Å². The number of thiazole rings is 1. The molecule has 3 aromatic heterocycles. The molecule has 0 N–H and O–H groups in total. The highest BCUT2D eigenvalue weighted by molar-refractivity contribution is 14.2. The summed E-state index contributed by atoms with van der Waals surface area (Å²) in [6.45, 7) is 4.00. The van der Waals surface area contributed by atoms with Gasteiger partial charge in [-0.25, -0.2) is 13.8 Å². The van der Waals surface area contributed by atoms with Crippen LogP contribution in [0.2, 0.25) is 0 Å². The van der Waals surface area contributed by atoms with Gasteiger partial charge in [-0.05, 0) is 34.2 Å². The van der Waals surface area contributed by atoms with Crippen LogP contribution < -0.4 is 0 Å². The molecular weight excluding hydrogens is 459 g/mol. The number of hydrogen-bond acceptors (Lipinski definition) is 4. The molecule has 0 fully saturated rings. The molecule has 0 amide bonds. The van der Waals surface area contributed by atoms with Gasteiger partial charge in [0.1, 0.15) is 16.0 Å². The van der Waals surface area contributed by atoms with Gasteiger partial charge in [0.05, 0.1) is 12.6 Å². The normalized spacial score (nSPS) is 11.0. The molecule has 1 atom stereocenters. The minimum atomic E-state index is -0.324. The fourth-order valence-corrected chi connectivity index (χ4v) is 4.24. The minimum Gasteiger partial charge on any atom is -0.274 e. The monoisotopic (exact) mass is 477 g/mol. The topological polar surface area (TPSA) is 48.5 Å². The van der Waals surface area contributed by atoms with E-state index >= 15 is 0 Å². The van der Waals surface area contributed by atoms with E-state index in [-0.39, 0.29) is 13.2 Å². The van der Waals surface area contributed by atoms with Crippen molar-refractivity contribution in [2.75, 3.05) is 0 Å². The Labute approximate surface area is 158 Å². The Balaban J connectivity index is 0.000000670. The molecule has 128 valence electrons. The van der Waals surface area contributed by atoms with Crippen LogP contribution in [-0.2, 0) is 7.05 Å². The van der Waals surface area contributed by atoms with Gasteiger partial charge in [0.15, 0.2) is 10.6 Å². The number of fused-ring (bicyclic) bond motifs is 2. The molecule has 1 aromatic carbocycles. The molecule has 0 saturated carbocycles. The van der Waals surface area contributed by atoms with Crippen molar-refractivity contribution in [2.24, 2.45) is 7.05 Å². The molecule has 0 bridgehead atoms. The largest absolute Gasteiger partial charge is 0.274 e. The van der Waals surface area contributed by atoms with Crippen LogP contribution in [0.1, 0.15) is 21.3 Å². The quantitative estimate of drug-likeness (QED) is 0.278. The molecule has 4 rings (SSSR count). The van der Waals surface area contributed by atoms with Gasteiger partial charge < -0.3 is 0 Å². The molecule has 0 saturated heterocycles. The minimum absolute atomic E-state index is 0. The lowest BCUT2D eigenvalue weighted by Crippen LogP contribution is -1.86. The van der Waals surface area contributed by atoms with Gasteiger partial charge in [-0.2, -0.15) is 10.2 Å². The van der Waals surface area contributed by atoms with Crippen LogP contribution in [-0.4, -0.2) is 24.3 Å². The summed E-state index contributed by atoms with van der Waals surface area (Å²) in [5.74, 6) is -0.324. The summed E-state index contributed by atoms with van der Waals surface area (Å²) in [5, 5.41) is 10.1. The van der Waals surface area contributed by atoms with E-state index in [0.29, 0.717) is 11.9 Å². The number of benzene rings is 1. The summed E-state index contributed by atoms with van der Waals surface area (Å²) < 4.78 is 17.6. The maximum absolute atomic E-state index is 14.1. The van der Waals surface area contributed by atoms with E-state index < -0.39 is 0 Å². The summed E-state index contributed by atoms with van der Waals surface area (Å²) in [6.07, 6.45) is 4.27. The summed E-state index contributed by atoms with van der Waals surface area (Å²) in [5.41, 5.74) is 2.00. The van der Waals surface area contributed by atoms with Crippen LogP contribution in [0, 0.1) is 5.82 Å². The summed E-state index contributed by atoms with van der Waals surface area (Å²) in [4.78, 5) is 5.42. The van der Waals surface area contributed by atoms with Crippen molar-refractivity contribution in [1.29, 1.82) is 0 Å². The van der Waals surface area contributed by atoms with Gasteiger partial charge in [0.2, 0.25) is 0 Å². The molecule has 5 nitrogen and oxygen atoms in total. The van der Waals surface area contributed by atoms with E-state index in [0.717, 1.165) is 26.3 Å². The van der Waals surface area contributed by atoms with Crippen LogP contribution in [0.25, 0.3) is 31.8 Å². The highest BCUT2D eigenvalue weighted by Crippen LogP contribution is 2.34. The Hall–Kier alpha value is -1.12. The second-order valence-electron chi connectivity index (χ2n) is 4.57. The SMILES string of the molecule is C.CC.Cn1cc2cc(-c3nc4cn(PI)nc4s3)cc(F)c2n1. The van der Waals surface area contributed by atoms with Gasteiger partial charge in [0, 0.05) is 24.2 Å². The average molecular weight is 477 g/mol. The molecule has 0 spiro atoms. The van der Waals surface area contributed by atoms with E-state index in [1.54, 1.807) is 17.9 Å². The fourth-order valence-electron chi connectivity index (χ4n) is 2.22. The molecule has 1 unspecified atom stereocenters. The zero-order chi connectivity index (χ0) is 16.6. The maximum Gasteiger partial charge on any atom is 0.166 e. The maximum atomic E-state index is 14.1. The molecule has 0 aliphatic carbocycles. The summed E-state index contributed by atoms with van der Waals surface area (Å²) >= 11 is 3.74. The fraction of sp³-hybridized carbons (Fsp3) is 0.267. The van der Waals surface area contributed by atoms with Crippen LogP contribution in [0.4, 0.5) is 4.39 Å². The predicted octanol–water partition coefficient (Wildman–Crippen LogP) is 5.64. The van der Waals surface area contributed by atoms with Crippen molar-refractivity contribution in [1.82, 2.24) is 24.3 Å². The first-order valence-electron chi connectivity index (χ1n) is 7.00. The van der Waals surface area contributed by atoms with Gasteiger partial charge >= 0.3 is 0 Å². The second kappa shape index (κ2) is 7.84. The Morgan fingerprint density at radius 2 is 1.96 bits per heavy atom. The Kier molecular flexibility index (Phi) is 6.28. The number of nitrogens with zero attached hydrogens (tertiary/aromatic N) is 5. The molecule has 9 heteroatoms. The van der Waals surface area contributed by atoms with Crippen molar-refractivity contribution in [3.05, 3.63) is 30.3 Å². The second-order valence-corrected chi connectivity index (χ2v) is 7.62. The lowest BCUT2D eigenvalue weighted by atomic mass is 10.1. The molecule has 4 aromatic rings. The van der Waals surface area contributed by atoms with Crippen molar-refractivity contribution < 1.29 is 4.39 Å². The summed E-state index contributed by atoms with van der Waals surface area (Å²) in [6, 6.07) is 3.40. The molecule has 24 heavy (non-hydrogen) atoms. The Morgan fingerprint density at radius 3 is 2.62 bits per heavy atom. The number of rotatable bonds is 2. The molecule has 0 aliphatic rings. The Bertz CT molecular complexity index is 946. The lowest BCUT2D eigenvalue weighted by molar-refractivity contribution is 0.633. The highest BCUT2D eigenvalue weighted by atomic mass is 127. The van der Waals surface area contributed by atoms with E-state index in [2.05, 4.69) is 37.2 Å². The molecular formula is C15H18FIN5PS. The van der Waals surface area contributed by atoms with Gasteiger partial charge in [0.25, 0.3) is 0 Å². The van der Waals surface area contributed by atoms with Crippen molar-refractivity contribution >= 4 is 61.0 Å². The van der Waals surface area contributed by atoms with Crippen LogP contribution >= 0.6 is 39.8 Å². The van der Waals surface area contributed by atoms with Crippen molar-refractivity contribution in [2.45, 2.75) is 21.3 Å². The standard InChI is InChI=1S/C12H8FIN5PS.C2H6.CH4/c1-18-4-7-2-6(3-8(13)10(7)16-18)11-15-9-5-19(20-14)17-12(9)21-11;1-2;/h2-5,20H,1H3;1-2H3;1H4. The molecule has 0 radical (unpaired) electrons. The third-order valence-corrected chi connectivity index (χ3v) is 5.98. The van der Waals surface area contributed by atoms with Crippen molar-refractivity contribution in [3.63, 3.8) is 0 Å². The zero-order valence-electron chi connectivity index (χ0n) is 12.7. The predicted molar refractivity (Wildman–Crippen MR) is 111 cm³/mol. The number of halogens is 2. The molecule has 3 heterocycles. The average Bonchev–Trinajstić information content (AvgIpc) is 3.20. The smallest absolute Gasteiger partial charge is 0.166 e. The van der Waals surface area contributed by atoms with Gasteiger partial charge in [-0.3, -0.25) is 4.68 Å². The number of aromatic nitrogens is 5. The summed E-state index contributed by atoms with van der Waals surface area (Å²) in [7, 11) is 1.78. The molecule has 0 aliphatic heterocycles. The van der Waals surface area contributed by atoms with Crippen LogP contribution in [0.5, 0.6) is 0 Å². The number of hydrogen-bond donors (Lipinski definition) is 0. The first kappa shape index (κ1) is 19.2. The first-order chi connectivity index (χ1) is 11.1. The van der Waals surface area contributed by atoms with Crippen molar-refractivity contribution in [3.8, 4) is 10.6 Å². The first-order valence-corrected chi connectivity index (χ1v) is 11.9. The number of aryl methyl sites for hydroxylation is 1. The lowest BCUT2D eigenvalue weighted by Gasteiger charge is -1.97. The van der Waals surface area contributed by atoms with Crippen LogP contribution in [0.15, 0.2) is 24.5 Å².